The molecule has 1 aliphatic heterocycles. The van der Waals surface area contributed by atoms with E-state index in [1.165, 1.54) is 5.56 Å². The second-order valence-electron chi connectivity index (χ2n) is 5.61. The van der Waals surface area contributed by atoms with Gasteiger partial charge in [-0.25, -0.2) is 9.97 Å². The molecule has 22 heavy (non-hydrogen) atoms. The van der Waals surface area contributed by atoms with Crippen molar-refractivity contribution in [3.05, 3.63) is 41.2 Å². The molecule has 0 saturated carbocycles. The van der Waals surface area contributed by atoms with Gasteiger partial charge in [0.25, 0.3) is 0 Å². The second kappa shape index (κ2) is 6.22. The van der Waals surface area contributed by atoms with Crippen molar-refractivity contribution in [1.82, 2.24) is 9.97 Å². The number of benzene rings is 1. The van der Waals surface area contributed by atoms with Crippen molar-refractivity contribution in [2.24, 2.45) is 5.92 Å². The Morgan fingerprint density at radius 3 is 3.00 bits per heavy atom. The van der Waals surface area contributed by atoms with Crippen LogP contribution in [0.4, 0.5) is 5.95 Å². The van der Waals surface area contributed by atoms with Crippen LogP contribution in [0.15, 0.2) is 24.3 Å². The summed E-state index contributed by atoms with van der Waals surface area (Å²) < 4.78 is 11.3. The zero-order chi connectivity index (χ0) is 15.5. The molecule has 2 heterocycles. The summed E-state index contributed by atoms with van der Waals surface area (Å²) in [6, 6.07) is 8.10. The Morgan fingerprint density at radius 1 is 1.36 bits per heavy atom. The number of methoxy groups -OCH3 is 1. The Balaban J connectivity index is 1.77. The summed E-state index contributed by atoms with van der Waals surface area (Å²) in [5, 5.41) is 3.01. The molecule has 1 aromatic carbocycles. The minimum absolute atomic E-state index is 0.415. The van der Waals surface area contributed by atoms with Gasteiger partial charge in [0.05, 0.1) is 13.7 Å². The summed E-state index contributed by atoms with van der Waals surface area (Å²) >= 11 is 0. The van der Waals surface area contributed by atoms with Gasteiger partial charge in [-0.2, -0.15) is 0 Å². The lowest BCUT2D eigenvalue weighted by Gasteiger charge is -2.26. The van der Waals surface area contributed by atoms with Crippen LogP contribution in [-0.2, 0) is 12.8 Å². The van der Waals surface area contributed by atoms with Crippen LogP contribution in [0.2, 0.25) is 0 Å². The van der Waals surface area contributed by atoms with Gasteiger partial charge in [-0.05, 0) is 37.5 Å². The molecule has 1 atom stereocenters. The van der Waals surface area contributed by atoms with Crippen molar-refractivity contribution in [1.29, 1.82) is 0 Å². The van der Waals surface area contributed by atoms with Gasteiger partial charge in [-0.3, -0.25) is 0 Å². The molecule has 0 saturated heterocycles. The smallest absolute Gasteiger partial charge is 0.222 e. The number of anilines is 1. The zero-order valence-corrected chi connectivity index (χ0v) is 13.2. The average molecular weight is 299 g/mol. The van der Waals surface area contributed by atoms with Gasteiger partial charge in [0.2, 0.25) is 5.95 Å². The minimum atomic E-state index is 0.415. The number of aromatic nitrogens is 2. The third kappa shape index (κ3) is 2.98. The number of nitrogens with zero attached hydrogens (tertiary/aromatic N) is 2. The first-order chi connectivity index (χ1) is 10.7. The molecule has 1 N–H and O–H groups in total. The number of para-hydroxylation sites is 1. The summed E-state index contributed by atoms with van der Waals surface area (Å²) in [5.41, 5.74) is 3.24. The van der Waals surface area contributed by atoms with Crippen LogP contribution >= 0.6 is 0 Å². The van der Waals surface area contributed by atoms with E-state index >= 15 is 0 Å². The minimum Gasteiger partial charge on any atom is -0.493 e. The van der Waals surface area contributed by atoms with Crippen LogP contribution in [0, 0.1) is 12.8 Å². The van der Waals surface area contributed by atoms with Crippen molar-refractivity contribution in [3.8, 4) is 11.5 Å². The lowest BCUT2D eigenvalue weighted by molar-refractivity contribution is 0.210. The molecule has 1 unspecified atom stereocenters. The Kier molecular flexibility index (Phi) is 4.13. The molecule has 1 aliphatic rings. The fourth-order valence-electron chi connectivity index (χ4n) is 2.89. The molecular weight excluding hydrogens is 278 g/mol. The summed E-state index contributed by atoms with van der Waals surface area (Å²) in [4.78, 5) is 8.87. The average Bonchev–Trinajstić information content (AvgIpc) is 2.53. The molecule has 2 aromatic rings. The monoisotopic (exact) mass is 299 g/mol. The van der Waals surface area contributed by atoms with E-state index in [2.05, 4.69) is 21.4 Å². The van der Waals surface area contributed by atoms with E-state index in [9.17, 15) is 0 Å². The summed E-state index contributed by atoms with van der Waals surface area (Å²) in [6.45, 7) is 2.68. The molecule has 0 bridgehead atoms. The summed E-state index contributed by atoms with van der Waals surface area (Å²) in [7, 11) is 3.51. The fourth-order valence-corrected chi connectivity index (χ4v) is 2.89. The Bertz CT molecular complexity index is 673. The Hall–Kier alpha value is -2.30. The van der Waals surface area contributed by atoms with Gasteiger partial charge in [0.1, 0.15) is 0 Å². The normalized spacial score (nSPS) is 16.6. The zero-order valence-electron chi connectivity index (χ0n) is 13.2. The first kappa shape index (κ1) is 14.6. The largest absolute Gasteiger partial charge is 0.493 e. The second-order valence-corrected chi connectivity index (χ2v) is 5.61. The van der Waals surface area contributed by atoms with Crippen LogP contribution in [0.1, 0.15) is 17.0 Å². The summed E-state index contributed by atoms with van der Waals surface area (Å²) in [6.07, 6.45) is 1.86. The van der Waals surface area contributed by atoms with E-state index in [1.54, 1.807) is 7.11 Å². The highest BCUT2D eigenvalue weighted by Crippen LogP contribution is 2.36. The van der Waals surface area contributed by atoms with Crippen LogP contribution in [0.5, 0.6) is 11.5 Å². The SMILES string of the molecule is CNc1nc(C)cc(CC2COc3c(cccc3OC)C2)n1. The van der Waals surface area contributed by atoms with Crippen LogP contribution in [-0.4, -0.2) is 30.7 Å². The van der Waals surface area contributed by atoms with E-state index in [4.69, 9.17) is 9.47 Å². The third-order valence-corrected chi connectivity index (χ3v) is 3.88. The van der Waals surface area contributed by atoms with Crippen LogP contribution in [0.3, 0.4) is 0 Å². The number of nitrogens with one attached hydrogen (secondary N) is 1. The van der Waals surface area contributed by atoms with E-state index in [0.717, 1.165) is 35.7 Å². The van der Waals surface area contributed by atoms with Gasteiger partial charge in [0, 0.05) is 24.4 Å². The lowest BCUT2D eigenvalue weighted by Crippen LogP contribution is -2.23. The molecule has 0 aliphatic carbocycles. The molecule has 0 radical (unpaired) electrons. The van der Waals surface area contributed by atoms with Crippen molar-refractivity contribution in [2.45, 2.75) is 19.8 Å². The Morgan fingerprint density at radius 2 is 2.23 bits per heavy atom. The first-order valence-electron chi connectivity index (χ1n) is 7.50. The Labute approximate surface area is 130 Å². The van der Waals surface area contributed by atoms with Crippen molar-refractivity contribution >= 4 is 5.95 Å². The molecule has 1 aromatic heterocycles. The fraction of sp³-hybridized carbons (Fsp3) is 0.412. The number of hydrogen-bond donors (Lipinski definition) is 1. The standard InChI is InChI=1S/C17H21N3O2/c1-11-7-14(20-17(18-2)19-11)9-12-8-13-5-4-6-15(21-3)16(13)22-10-12/h4-7,12H,8-10H2,1-3H3,(H,18,19,20). The molecule has 116 valence electrons. The predicted octanol–water partition coefficient (Wildman–Crippen LogP) is 2.63. The van der Waals surface area contributed by atoms with E-state index < -0.39 is 0 Å². The molecule has 5 nitrogen and oxygen atoms in total. The molecule has 0 amide bonds. The van der Waals surface area contributed by atoms with Gasteiger partial charge in [-0.1, -0.05) is 12.1 Å². The highest BCUT2D eigenvalue weighted by Gasteiger charge is 2.23. The number of fused-ring (bicyclic) bond motifs is 1. The number of ether oxygens (including phenoxy) is 2. The lowest BCUT2D eigenvalue weighted by atomic mass is 9.92. The van der Waals surface area contributed by atoms with Crippen LogP contribution in [0.25, 0.3) is 0 Å². The van der Waals surface area contributed by atoms with E-state index in [-0.39, 0.29) is 0 Å². The van der Waals surface area contributed by atoms with Crippen molar-refractivity contribution in [3.63, 3.8) is 0 Å². The number of rotatable bonds is 4. The van der Waals surface area contributed by atoms with Gasteiger partial charge in [0.15, 0.2) is 11.5 Å². The number of aryl methyl sites for hydroxylation is 1. The maximum Gasteiger partial charge on any atom is 0.222 e. The molecule has 3 rings (SSSR count). The van der Waals surface area contributed by atoms with Crippen molar-refractivity contribution in [2.75, 3.05) is 26.1 Å². The van der Waals surface area contributed by atoms with Crippen molar-refractivity contribution < 1.29 is 9.47 Å². The number of hydrogen-bond acceptors (Lipinski definition) is 5. The quantitative estimate of drug-likeness (QED) is 0.940. The van der Waals surface area contributed by atoms with E-state index in [1.807, 2.05) is 32.2 Å². The van der Waals surface area contributed by atoms with Crippen LogP contribution < -0.4 is 14.8 Å². The molecule has 5 heteroatoms. The maximum absolute atomic E-state index is 5.93. The highest BCUT2D eigenvalue weighted by atomic mass is 16.5. The van der Waals surface area contributed by atoms with Gasteiger partial charge < -0.3 is 14.8 Å². The molecule has 0 fully saturated rings. The molecular formula is C17H21N3O2. The van der Waals surface area contributed by atoms with Gasteiger partial charge in [-0.15, -0.1) is 0 Å². The van der Waals surface area contributed by atoms with E-state index in [0.29, 0.717) is 18.5 Å². The third-order valence-electron chi connectivity index (χ3n) is 3.88. The predicted molar refractivity (Wildman–Crippen MR) is 85.7 cm³/mol. The first-order valence-corrected chi connectivity index (χ1v) is 7.50. The van der Waals surface area contributed by atoms with Gasteiger partial charge >= 0.3 is 0 Å². The maximum atomic E-state index is 5.93. The topological polar surface area (TPSA) is 56.3 Å². The molecule has 0 spiro atoms. The highest BCUT2D eigenvalue weighted by molar-refractivity contribution is 5.47. The summed E-state index contributed by atoms with van der Waals surface area (Å²) in [5.74, 6) is 2.79.